The molecule has 1 unspecified atom stereocenters. The van der Waals surface area contributed by atoms with Crippen molar-refractivity contribution in [3.8, 4) is 0 Å². The second kappa shape index (κ2) is 5.64. The number of aliphatic hydroxyl groups is 1. The number of halogens is 1. The fourth-order valence-electron chi connectivity index (χ4n) is 1.48. The minimum absolute atomic E-state index is 0.257. The monoisotopic (exact) mass is 276 g/mol. The van der Waals surface area contributed by atoms with Gasteiger partial charge in [-0.2, -0.15) is 0 Å². The third-order valence-electron chi connectivity index (χ3n) is 2.54. The smallest absolute Gasteiger partial charge is 0.238 e. The molecule has 0 aliphatic carbocycles. The Balaban J connectivity index is 2.92. The number of hydrogen-bond acceptors (Lipinski definition) is 4. The first-order valence-electron chi connectivity index (χ1n) is 5.43. The Morgan fingerprint density at radius 3 is 2.56 bits per heavy atom. The maximum absolute atomic E-state index is 13.7. The summed E-state index contributed by atoms with van der Waals surface area (Å²) in [5.41, 5.74) is 0.267. The van der Waals surface area contributed by atoms with Gasteiger partial charge in [-0.05, 0) is 31.5 Å². The van der Waals surface area contributed by atoms with Gasteiger partial charge in [0.15, 0.2) is 0 Å². The Morgan fingerprint density at radius 1 is 1.50 bits per heavy atom. The van der Waals surface area contributed by atoms with Gasteiger partial charge < -0.3 is 10.0 Å². The number of nitrogens with zero attached hydrogens (tertiary/aromatic N) is 1. The van der Waals surface area contributed by atoms with Crippen LogP contribution >= 0.6 is 0 Å². The van der Waals surface area contributed by atoms with E-state index in [1.165, 1.54) is 12.1 Å². The molecule has 5 nitrogen and oxygen atoms in total. The van der Waals surface area contributed by atoms with E-state index in [0.717, 1.165) is 6.07 Å². The Hall–Kier alpha value is -1.18. The van der Waals surface area contributed by atoms with Crippen LogP contribution in [0.4, 0.5) is 10.1 Å². The molecule has 3 N–H and O–H groups in total. The molecule has 1 aromatic carbocycles. The lowest BCUT2D eigenvalue weighted by atomic mass is 10.2. The van der Waals surface area contributed by atoms with Crippen molar-refractivity contribution in [3.63, 3.8) is 0 Å². The van der Waals surface area contributed by atoms with E-state index in [9.17, 15) is 12.8 Å². The van der Waals surface area contributed by atoms with E-state index in [2.05, 4.69) is 0 Å². The van der Waals surface area contributed by atoms with Gasteiger partial charge >= 0.3 is 0 Å². The van der Waals surface area contributed by atoms with E-state index >= 15 is 0 Å². The molecule has 1 rings (SSSR count). The number of benzene rings is 1. The van der Waals surface area contributed by atoms with Gasteiger partial charge in [0, 0.05) is 13.6 Å². The molecule has 0 fully saturated rings. The van der Waals surface area contributed by atoms with Crippen LogP contribution in [-0.4, -0.2) is 33.2 Å². The van der Waals surface area contributed by atoms with Crippen LogP contribution in [0.1, 0.15) is 13.3 Å². The van der Waals surface area contributed by atoms with Crippen LogP contribution < -0.4 is 10.0 Å². The molecule has 1 aromatic rings. The van der Waals surface area contributed by atoms with Crippen molar-refractivity contribution in [2.45, 2.75) is 24.3 Å². The summed E-state index contributed by atoms with van der Waals surface area (Å²) in [4.78, 5) is 1.35. The highest BCUT2D eigenvalue weighted by molar-refractivity contribution is 7.89. The number of nitrogens with two attached hydrogens (primary N) is 1. The zero-order valence-corrected chi connectivity index (χ0v) is 11.1. The molecule has 102 valence electrons. The van der Waals surface area contributed by atoms with Gasteiger partial charge in [0.2, 0.25) is 10.0 Å². The molecule has 0 bridgehead atoms. The molecule has 18 heavy (non-hydrogen) atoms. The zero-order valence-electron chi connectivity index (χ0n) is 10.3. The molecular weight excluding hydrogens is 259 g/mol. The van der Waals surface area contributed by atoms with Crippen molar-refractivity contribution in [3.05, 3.63) is 24.0 Å². The molecule has 0 aliphatic rings. The van der Waals surface area contributed by atoms with E-state index in [1.54, 1.807) is 18.9 Å². The second-order valence-electron chi connectivity index (χ2n) is 4.22. The molecule has 0 heterocycles. The number of primary sulfonamides is 1. The third-order valence-corrected chi connectivity index (χ3v) is 3.45. The van der Waals surface area contributed by atoms with Gasteiger partial charge in [-0.3, -0.25) is 0 Å². The summed E-state index contributed by atoms with van der Waals surface area (Å²) in [6.07, 6.45) is 0.0200. The SMILES string of the molecule is CC(O)CCN(C)c1ccc(S(N)(=O)=O)cc1F. The van der Waals surface area contributed by atoms with E-state index in [-0.39, 0.29) is 10.6 Å². The van der Waals surface area contributed by atoms with E-state index in [4.69, 9.17) is 10.2 Å². The fraction of sp³-hybridized carbons (Fsp3) is 0.455. The molecule has 0 saturated carbocycles. The number of anilines is 1. The highest BCUT2D eigenvalue weighted by Crippen LogP contribution is 2.21. The zero-order chi connectivity index (χ0) is 13.9. The van der Waals surface area contributed by atoms with Gasteiger partial charge in [-0.25, -0.2) is 17.9 Å². The lowest BCUT2D eigenvalue weighted by Gasteiger charge is -2.20. The average Bonchev–Trinajstić information content (AvgIpc) is 2.24. The number of rotatable bonds is 5. The number of aliphatic hydroxyl groups excluding tert-OH is 1. The van der Waals surface area contributed by atoms with Crippen LogP contribution in [0.3, 0.4) is 0 Å². The largest absolute Gasteiger partial charge is 0.393 e. The average molecular weight is 276 g/mol. The molecule has 0 amide bonds. The first kappa shape index (κ1) is 14.9. The summed E-state index contributed by atoms with van der Waals surface area (Å²) >= 11 is 0. The third kappa shape index (κ3) is 3.94. The van der Waals surface area contributed by atoms with Crippen molar-refractivity contribution in [1.29, 1.82) is 0 Å². The van der Waals surface area contributed by atoms with Crippen molar-refractivity contribution in [2.75, 3.05) is 18.5 Å². The lowest BCUT2D eigenvalue weighted by molar-refractivity contribution is 0.187. The summed E-state index contributed by atoms with van der Waals surface area (Å²) in [6.45, 7) is 2.11. The van der Waals surface area contributed by atoms with Crippen LogP contribution in [0.2, 0.25) is 0 Å². The van der Waals surface area contributed by atoms with E-state index in [0.29, 0.717) is 13.0 Å². The van der Waals surface area contributed by atoms with E-state index < -0.39 is 21.9 Å². The molecular formula is C11H17FN2O3S. The Bertz CT molecular complexity index is 517. The summed E-state index contributed by atoms with van der Waals surface area (Å²) in [7, 11) is -2.23. The molecule has 0 saturated heterocycles. The second-order valence-corrected chi connectivity index (χ2v) is 5.78. The molecule has 7 heteroatoms. The van der Waals surface area contributed by atoms with Crippen LogP contribution in [-0.2, 0) is 10.0 Å². The van der Waals surface area contributed by atoms with E-state index in [1.807, 2.05) is 0 Å². The van der Waals surface area contributed by atoms with Crippen LogP contribution in [0.15, 0.2) is 23.1 Å². The standard InChI is InChI=1S/C11H17FN2O3S/c1-8(15)5-6-14(2)11-4-3-9(7-10(11)12)18(13,16)17/h3-4,7-8,15H,5-6H2,1-2H3,(H2,13,16,17). The summed E-state index contributed by atoms with van der Waals surface area (Å²) in [6, 6.07) is 3.51. The first-order chi connectivity index (χ1) is 8.21. The molecule has 0 aromatic heterocycles. The fourth-order valence-corrected chi connectivity index (χ4v) is 2.00. The van der Waals surface area contributed by atoms with Gasteiger partial charge in [0.25, 0.3) is 0 Å². The lowest BCUT2D eigenvalue weighted by Crippen LogP contribution is -2.23. The maximum atomic E-state index is 13.7. The minimum atomic E-state index is -3.89. The Morgan fingerprint density at radius 2 is 2.11 bits per heavy atom. The number of sulfonamides is 1. The summed E-state index contributed by atoms with van der Waals surface area (Å²) in [5.74, 6) is -0.658. The van der Waals surface area contributed by atoms with Crippen LogP contribution in [0, 0.1) is 5.82 Å². The Labute approximate surface area is 106 Å². The minimum Gasteiger partial charge on any atom is -0.393 e. The Kier molecular flexibility index (Phi) is 4.66. The molecule has 0 radical (unpaired) electrons. The van der Waals surface area contributed by atoms with Crippen molar-refractivity contribution >= 4 is 15.7 Å². The highest BCUT2D eigenvalue weighted by atomic mass is 32.2. The quantitative estimate of drug-likeness (QED) is 0.828. The van der Waals surface area contributed by atoms with Crippen molar-refractivity contribution in [1.82, 2.24) is 0 Å². The topological polar surface area (TPSA) is 83.6 Å². The first-order valence-corrected chi connectivity index (χ1v) is 6.98. The molecule has 0 aliphatic heterocycles. The van der Waals surface area contributed by atoms with Crippen LogP contribution in [0.25, 0.3) is 0 Å². The summed E-state index contributed by atoms with van der Waals surface area (Å²) < 4.78 is 35.8. The predicted octanol–water partition coefficient (Wildman–Crippen LogP) is 0.680. The molecule has 1 atom stereocenters. The van der Waals surface area contributed by atoms with Gasteiger partial charge in [0.05, 0.1) is 16.7 Å². The van der Waals surface area contributed by atoms with Gasteiger partial charge in [0.1, 0.15) is 5.82 Å². The maximum Gasteiger partial charge on any atom is 0.238 e. The van der Waals surface area contributed by atoms with Gasteiger partial charge in [-0.15, -0.1) is 0 Å². The number of hydrogen-bond donors (Lipinski definition) is 2. The van der Waals surface area contributed by atoms with Crippen molar-refractivity contribution in [2.24, 2.45) is 5.14 Å². The van der Waals surface area contributed by atoms with Crippen molar-refractivity contribution < 1.29 is 17.9 Å². The summed E-state index contributed by atoms with van der Waals surface area (Å²) in [5, 5.41) is 14.1. The van der Waals surface area contributed by atoms with Crippen LogP contribution in [0.5, 0.6) is 0 Å². The highest BCUT2D eigenvalue weighted by Gasteiger charge is 2.14. The van der Waals surface area contributed by atoms with Gasteiger partial charge in [-0.1, -0.05) is 0 Å². The molecule has 0 spiro atoms. The normalized spacial score (nSPS) is 13.4. The predicted molar refractivity (Wildman–Crippen MR) is 67.3 cm³/mol.